The number of hydrogen-bond acceptors (Lipinski definition) is 6. The first kappa shape index (κ1) is 15.6. The molecule has 1 aromatic rings. The summed E-state index contributed by atoms with van der Waals surface area (Å²) < 4.78 is 5.43. The van der Waals surface area contributed by atoms with Gasteiger partial charge in [0.05, 0.1) is 18.8 Å². The van der Waals surface area contributed by atoms with Gasteiger partial charge >= 0.3 is 6.09 Å². The zero-order valence-corrected chi connectivity index (χ0v) is 14.4. The molecule has 130 valence electrons. The molecule has 1 aliphatic carbocycles. The molecule has 24 heavy (non-hydrogen) atoms. The van der Waals surface area contributed by atoms with Gasteiger partial charge in [0.25, 0.3) is 0 Å². The lowest BCUT2D eigenvalue weighted by atomic mass is 10.2. The molecule has 1 unspecified atom stereocenters. The second kappa shape index (κ2) is 5.31. The highest BCUT2D eigenvalue weighted by Crippen LogP contribution is 2.51. The smallest absolute Gasteiger partial charge is 0.410 e. The normalized spacial score (nSPS) is 27.9. The van der Waals surface area contributed by atoms with Crippen molar-refractivity contribution in [3.63, 3.8) is 0 Å². The van der Waals surface area contributed by atoms with E-state index in [1.165, 1.54) is 0 Å². The number of fused-ring (bicyclic) bond motifs is 2. The first-order chi connectivity index (χ1) is 11.4. The second-order valence-electron chi connectivity index (χ2n) is 8.06. The van der Waals surface area contributed by atoms with E-state index in [4.69, 9.17) is 4.74 Å². The van der Waals surface area contributed by atoms with Crippen molar-refractivity contribution < 1.29 is 14.6 Å². The van der Waals surface area contributed by atoms with Gasteiger partial charge in [0.1, 0.15) is 5.60 Å². The van der Waals surface area contributed by atoms with Crippen LogP contribution < -0.4 is 4.90 Å². The fourth-order valence-corrected chi connectivity index (χ4v) is 3.83. The summed E-state index contributed by atoms with van der Waals surface area (Å²) >= 11 is 0. The summed E-state index contributed by atoms with van der Waals surface area (Å²) in [5.41, 5.74) is 1.40. The molecular weight excluding hydrogens is 308 g/mol. The van der Waals surface area contributed by atoms with Crippen molar-refractivity contribution in [2.24, 2.45) is 17.8 Å². The monoisotopic (exact) mass is 332 g/mol. The summed E-state index contributed by atoms with van der Waals surface area (Å²) in [5, 5.41) is 9.26. The topological polar surface area (TPSA) is 78.8 Å². The SMILES string of the molecule is CC(C)(C)OC(=O)N1Cc2cnc(N3C[C@@H]4C(CO)[C@@H]4C3)nc2C1. The van der Waals surface area contributed by atoms with Crippen molar-refractivity contribution in [3.8, 4) is 0 Å². The Balaban J connectivity index is 1.42. The van der Waals surface area contributed by atoms with Crippen molar-refractivity contribution in [3.05, 3.63) is 17.5 Å². The molecule has 1 amide bonds. The maximum Gasteiger partial charge on any atom is 0.410 e. The van der Waals surface area contributed by atoms with Gasteiger partial charge in [0.15, 0.2) is 0 Å². The Morgan fingerprint density at radius 3 is 2.67 bits per heavy atom. The van der Waals surface area contributed by atoms with Crippen molar-refractivity contribution in [2.75, 3.05) is 24.6 Å². The lowest BCUT2D eigenvalue weighted by molar-refractivity contribution is 0.0240. The van der Waals surface area contributed by atoms with Crippen LogP contribution in [0.5, 0.6) is 0 Å². The zero-order chi connectivity index (χ0) is 17.1. The van der Waals surface area contributed by atoms with Gasteiger partial charge < -0.3 is 14.7 Å². The average Bonchev–Trinajstić information content (AvgIpc) is 2.90. The number of amides is 1. The van der Waals surface area contributed by atoms with Crippen LogP contribution in [0.2, 0.25) is 0 Å². The molecule has 3 atom stereocenters. The number of ether oxygens (including phenoxy) is 1. The number of carbonyl (C=O) groups is 1. The quantitative estimate of drug-likeness (QED) is 0.882. The number of aliphatic hydroxyl groups is 1. The highest BCUT2D eigenvalue weighted by atomic mass is 16.6. The molecule has 1 aromatic heterocycles. The van der Waals surface area contributed by atoms with Crippen LogP contribution in [0.15, 0.2) is 6.20 Å². The molecule has 4 rings (SSSR count). The molecule has 7 heteroatoms. The molecule has 1 N–H and O–H groups in total. The lowest BCUT2D eigenvalue weighted by Crippen LogP contribution is -2.33. The Morgan fingerprint density at radius 2 is 2.04 bits per heavy atom. The standard InChI is InChI=1S/C17H24N4O3/c1-17(2,3)24-16(23)21-5-10-4-18-15(19-14(10)8-21)20-6-11-12(7-20)13(11)9-22/h4,11-13,22H,5-9H2,1-3H3/t11-,12+,13?. The van der Waals surface area contributed by atoms with Gasteiger partial charge in [-0.3, -0.25) is 4.90 Å². The first-order valence-corrected chi connectivity index (χ1v) is 8.54. The third-order valence-corrected chi connectivity index (χ3v) is 5.16. The molecule has 3 aliphatic rings. The molecule has 1 saturated carbocycles. The number of aliphatic hydroxyl groups excluding tert-OH is 1. The second-order valence-corrected chi connectivity index (χ2v) is 8.06. The van der Waals surface area contributed by atoms with E-state index in [1.807, 2.05) is 27.0 Å². The highest BCUT2D eigenvalue weighted by Gasteiger charge is 2.55. The van der Waals surface area contributed by atoms with Crippen LogP contribution in [-0.2, 0) is 17.8 Å². The Hall–Kier alpha value is -1.89. The van der Waals surface area contributed by atoms with E-state index in [0.29, 0.717) is 37.5 Å². The van der Waals surface area contributed by atoms with Gasteiger partial charge in [-0.2, -0.15) is 0 Å². The van der Waals surface area contributed by atoms with E-state index in [2.05, 4.69) is 14.9 Å². The molecule has 0 aromatic carbocycles. The van der Waals surface area contributed by atoms with Gasteiger partial charge in [0.2, 0.25) is 5.95 Å². The number of carbonyl (C=O) groups excluding carboxylic acids is 1. The lowest BCUT2D eigenvalue weighted by Gasteiger charge is -2.23. The van der Waals surface area contributed by atoms with Crippen LogP contribution in [-0.4, -0.2) is 51.4 Å². The maximum absolute atomic E-state index is 12.2. The molecule has 2 fully saturated rings. The number of nitrogens with zero attached hydrogens (tertiary/aromatic N) is 4. The van der Waals surface area contributed by atoms with E-state index < -0.39 is 5.60 Å². The molecule has 0 radical (unpaired) electrons. The molecule has 2 aliphatic heterocycles. The predicted octanol–water partition coefficient (Wildman–Crippen LogP) is 1.40. The van der Waals surface area contributed by atoms with E-state index in [1.54, 1.807) is 4.90 Å². The molecule has 3 heterocycles. The average molecular weight is 332 g/mol. The molecule has 1 saturated heterocycles. The van der Waals surface area contributed by atoms with Crippen LogP contribution >= 0.6 is 0 Å². The maximum atomic E-state index is 12.2. The van der Waals surface area contributed by atoms with Gasteiger partial charge in [-0.25, -0.2) is 14.8 Å². The number of rotatable bonds is 2. The minimum Gasteiger partial charge on any atom is -0.444 e. The minimum atomic E-state index is -0.497. The predicted molar refractivity (Wildman–Crippen MR) is 87.3 cm³/mol. The Labute approximate surface area is 141 Å². The fraction of sp³-hybridized carbons (Fsp3) is 0.706. The van der Waals surface area contributed by atoms with Gasteiger partial charge in [-0.15, -0.1) is 0 Å². The molecule has 0 bridgehead atoms. The Bertz CT molecular complexity index is 660. The van der Waals surface area contributed by atoms with Crippen LogP contribution in [0.3, 0.4) is 0 Å². The number of aromatic nitrogens is 2. The Morgan fingerprint density at radius 1 is 1.33 bits per heavy atom. The third kappa shape index (κ3) is 2.70. The minimum absolute atomic E-state index is 0.291. The summed E-state index contributed by atoms with van der Waals surface area (Å²) in [6.45, 7) is 8.70. The van der Waals surface area contributed by atoms with Crippen molar-refractivity contribution in [1.29, 1.82) is 0 Å². The third-order valence-electron chi connectivity index (χ3n) is 5.16. The Kier molecular flexibility index (Phi) is 3.46. The van der Waals surface area contributed by atoms with Crippen molar-refractivity contribution in [1.82, 2.24) is 14.9 Å². The summed E-state index contributed by atoms with van der Waals surface area (Å²) in [4.78, 5) is 25.2. The van der Waals surface area contributed by atoms with E-state index >= 15 is 0 Å². The van der Waals surface area contributed by atoms with Crippen molar-refractivity contribution >= 4 is 12.0 Å². The van der Waals surface area contributed by atoms with Gasteiger partial charge in [0, 0.05) is 31.5 Å². The number of hydrogen-bond donors (Lipinski definition) is 1. The van der Waals surface area contributed by atoms with Crippen molar-refractivity contribution in [2.45, 2.75) is 39.5 Å². The highest BCUT2D eigenvalue weighted by molar-refractivity contribution is 5.69. The van der Waals surface area contributed by atoms with Crippen LogP contribution in [0.25, 0.3) is 0 Å². The van der Waals surface area contributed by atoms with E-state index in [9.17, 15) is 9.90 Å². The van der Waals surface area contributed by atoms with Gasteiger partial charge in [-0.05, 0) is 38.5 Å². The fourth-order valence-electron chi connectivity index (χ4n) is 3.83. The molecule has 0 spiro atoms. The number of piperidine rings is 1. The zero-order valence-electron chi connectivity index (χ0n) is 14.4. The van der Waals surface area contributed by atoms with Gasteiger partial charge in [-0.1, -0.05) is 0 Å². The van der Waals surface area contributed by atoms with Crippen LogP contribution in [0, 0.1) is 17.8 Å². The number of anilines is 1. The largest absolute Gasteiger partial charge is 0.444 e. The summed E-state index contributed by atoms with van der Waals surface area (Å²) in [5.74, 6) is 2.39. The van der Waals surface area contributed by atoms with Crippen LogP contribution in [0.4, 0.5) is 10.7 Å². The summed E-state index contributed by atoms with van der Waals surface area (Å²) in [7, 11) is 0. The molecule has 7 nitrogen and oxygen atoms in total. The summed E-state index contributed by atoms with van der Waals surface area (Å²) in [6, 6.07) is 0. The van der Waals surface area contributed by atoms with Crippen LogP contribution in [0.1, 0.15) is 32.0 Å². The first-order valence-electron chi connectivity index (χ1n) is 8.54. The molecular formula is C17H24N4O3. The van der Waals surface area contributed by atoms with E-state index in [0.717, 1.165) is 30.3 Å². The summed E-state index contributed by atoms with van der Waals surface area (Å²) in [6.07, 6.45) is 1.52. The van der Waals surface area contributed by atoms with E-state index in [-0.39, 0.29) is 6.09 Å².